The Morgan fingerprint density at radius 2 is 1.38 bits per heavy atom. The van der Waals surface area contributed by atoms with E-state index in [9.17, 15) is 0 Å². The summed E-state index contributed by atoms with van der Waals surface area (Å²) in [6, 6.07) is 0.905. The van der Waals surface area contributed by atoms with E-state index >= 15 is 0 Å². The van der Waals surface area contributed by atoms with Gasteiger partial charge in [0, 0.05) is 6.04 Å². The lowest BCUT2D eigenvalue weighted by molar-refractivity contribution is 0.212. The zero-order chi connectivity index (χ0) is 11.1. The minimum atomic E-state index is 0.905. The number of rotatable bonds is 0. The molecule has 16 heavy (non-hydrogen) atoms. The fourth-order valence-electron chi connectivity index (χ4n) is 3.28. The molecule has 2 aliphatic heterocycles. The van der Waals surface area contributed by atoms with Crippen LogP contribution in [-0.4, -0.2) is 25.7 Å². The standard InChI is InChI=1S/C9H17N.C5H11N/c1-2-6-9-8(4-1)5-3-7-10-9;1-2-4-6-5-3-1/h8-10H,1-7H2;6H,1-5H2. The second kappa shape index (κ2) is 7.29. The molecule has 0 amide bonds. The van der Waals surface area contributed by atoms with E-state index in [1.54, 1.807) is 0 Å². The van der Waals surface area contributed by atoms with E-state index in [2.05, 4.69) is 10.6 Å². The van der Waals surface area contributed by atoms with E-state index in [0.29, 0.717) is 0 Å². The molecule has 3 fully saturated rings. The summed E-state index contributed by atoms with van der Waals surface area (Å²) in [7, 11) is 0. The van der Waals surface area contributed by atoms with Crippen LogP contribution in [0.4, 0.5) is 0 Å². The third-order valence-electron chi connectivity index (χ3n) is 4.27. The van der Waals surface area contributed by atoms with Crippen molar-refractivity contribution in [2.75, 3.05) is 19.6 Å². The lowest BCUT2D eigenvalue weighted by Gasteiger charge is -2.36. The number of nitrogens with one attached hydrogen (secondary N) is 2. The molecule has 0 bridgehead atoms. The summed E-state index contributed by atoms with van der Waals surface area (Å²) in [6.07, 6.45) is 13.0. The van der Waals surface area contributed by atoms with E-state index in [-0.39, 0.29) is 0 Å². The molecule has 2 atom stereocenters. The highest BCUT2D eigenvalue weighted by molar-refractivity contribution is 4.84. The average Bonchev–Trinajstić information content (AvgIpc) is 2.42. The Bertz CT molecular complexity index is 140. The fraction of sp³-hybridized carbons (Fsp3) is 1.00. The third-order valence-corrected chi connectivity index (χ3v) is 4.27. The summed E-state index contributed by atoms with van der Waals surface area (Å²) in [5.41, 5.74) is 0. The first-order valence-electron chi connectivity index (χ1n) is 7.41. The lowest BCUT2D eigenvalue weighted by Crippen LogP contribution is -2.42. The van der Waals surface area contributed by atoms with Crippen LogP contribution in [0, 0.1) is 5.92 Å². The Morgan fingerprint density at radius 1 is 0.625 bits per heavy atom. The quantitative estimate of drug-likeness (QED) is 0.661. The third kappa shape index (κ3) is 4.06. The molecule has 0 radical (unpaired) electrons. The van der Waals surface area contributed by atoms with Gasteiger partial charge in [-0.15, -0.1) is 0 Å². The molecule has 2 unspecified atom stereocenters. The van der Waals surface area contributed by atoms with Gasteiger partial charge in [-0.25, -0.2) is 0 Å². The Balaban J connectivity index is 0.000000138. The highest BCUT2D eigenvalue weighted by atomic mass is 14.9. The summed E-state index contributed by atoms with van der Waals surface area (Å²) < 4.78 is 0. The van der Waals surface area contributed by atoms with E-state index < -0.39 is 0 Å². The van der Waals surface area contributed by atoms with Crippen molar-refractivity contribution in [2.45, 2.75) is 63.8 Å². The van der Waals surface area contributed by atoms with E-state index in [1.807, 2.05) is 0 Å². The fourth-order valence-corrected chi connectivity index (χ4v) is 3.28. The maximum absolute atomic E-state index is 3.62. The summed E-state index contributed by atoms with van der Waals surface area (Å²) in [5.74, 6) is 1.04. The largest absolute Gasteiger partial charge is 0.317 e. The van der Waals surface area contributed by atoms with Gasteiger partial charge in [0.05, 0.1) is 0 Å². The molecular formula is C14H28N2. The first kappa shape index (κ1) is 12.4. The van der Waals surface area contributed by atoms with Crippen LogP contribution >= 0.6 is 0 Å². The Morgan fingerprint density at radius 3 is 2.00 bits per heavy atom. The molecule has 94 valence electrons. The first-order valence-corrected chi connectivity index (χ1v) is 7.41. The van der Waals surface area contributed by atoms with Crippen molar-refractivity contribution in [1.82, 2.24) is 10.6 Å². The van der Waals surface area contributed by atoms with Crippen LogP contribution in [0.25, 0.3) is 0 Å². The minimum absolute atomic E-state index is 0.905. The molecule has 2 N–H and O–H groups in total. The van der Waals surface area contributed by atoms with E-state index in [0.717, 1.165) is 12.0 Å². The van der Waals surface area contributed by atoms with Crippen LogP contribution in [0.5, 0.6) is 0 Å². The smallest absolute Gasteiger partial charge is 0.00953 e. The Labute approximate surface area is 101 Å². The summed E-state index contributed by atoms with van der Waals surface area (Å²) >= 11 is 0. The second-order valence-corrected chi connectivity index (χ2v) is 5.56. The van der Waals surface area contributed by atoms with Crippen molar-refractivity contribution >= 4 is 0 Å². The van der Waals surface area contributed by atoms with E-state index in [1.165, 1.54) is 77.4 Å². The highest BCUT2D eigenvalue weighted by Gasteiger charge is 2.26. The predicted molar refractivity (Wildman–Crippen MR) is 69.7 cm³/mol. The molecule has 2 nitrogen and oxygen atoms in total. The van der Waals surface area contributed by atoms with Gasteiger partial charge >= 0.3 is 0 Å². The summed E-state index contributed by atoms with van der Waals surface area (Å²) in [4.78, 5) is 0. The van der Waals surface area contributed by atoms with Crippen LogP contribution in [0.3, 0.4) is 0 Å². The maximum atomic E-state index is 3.62. The van der Waals surface area contributed by atoms with Gasteiger partial charge < -0.3 is 10.6 Å². The van der Waals surface area contributed by atoms with Gasteiger partial charge in [0.15, 0.2) is 0 Å². The Hall–Kier alpha value is -0.0800. The molecule has 1 aliphatic carbocycles. The number of hydrogen-bond donors (Lipinski definition) is 2. The van der Waals surface area contributed by atoms with E-state index in [4.69, 9.17) is 0 Å². The maximum Gasteiger partial charge on any atom is 0.00953 e. The summed E-state index contributed by atoms with van der Waals surface area (Å²) in [5, 5.41) is 6.91. The van der Waals surface area contributed by atoms with Crippen LogP contribution in [0.2, 0.25) is 0 Å². The highest BCUT2D eigenvalue weighted by Crippen LogP contribution is 2.30. The average molecular weight is 224 g/mol. The van der Waals surface area contributed by atoms with Gasteiger partial charge in [-0.05, 0) is 64.1 Å². The van der Waals surface area contributed by atoms with Crippen molar-refractivity contribution in [3.05, 3.63) is 0 Å². The summed E-state index contributed by atoms with van der Waals surface area (Å²) in [6.45, 7) is 3.78. The minimum Gasteiger partial charge on any atom is -0.317 e. The molecule has 1 saturated carbocycles. The van der Waals surface area contributed by atoms with Crippen LogP contribution in [0.1, 0.15) is 57.8 Å². The normalized spacial score (nSPS) is 34.5. The van der Waals surface area contributed by atoms with Crippen molar-refractivity contribution in [1.29, 1.82) is 0 Å². The predicted octanol–water partition coefficient (Wildman–Crippen LogP) is 2.69. The zero-order valence-corrected chi connectivity index (χ0v) is 10.6. The van der Waals surface area contributed by atoms with Crippen molar-refractivity contribution in [3.8, 4) is 0 Å². The van der Waals surface area contributed by atoms with Gasteiger partial charge in [0.2, 0.25) is 0 Å². The second-order valence-electron chi connectivity index (χ2n) is 5.56. The molecule has 2 saturated heterocycles. The monoisotopic (exact) mass is 224 g/mol. The van der Waals surface area contributed by atoms with Gasteiger partial charge in [-0.2, -0.15) is 0 Å². The first-order chi connectivity index (χ1) is 7.97. The van der Waals surface area contributed by atoms with Gasteiger partial charge in [0.25, 0.3) is 0 Å². The molecule has 3 rings (SSSR count). The zero-order valence-electron chi connectivity index (χ0n) is 10.6. The molecule has 2 heterocycles. The van der Waals surface area contributed by atoms with Gasteiger partial charge in [-0.3, -0.25) is 0 Å². The number of piperidine rings is 2. The number of fused-ring (bicyclic) bond motifs is 1. The Kier molecular flexibility index (Phi) is 5.64. The molecule has 0 spiro atoms. The lowest BCUT2D eigenvalue weighted by atomic mass is 9.80. The molecule has 0 aromatic carbocycles. The molecule has 3 aliphatic rings. The molecule has 0 aromatic rings. The van der Waals surface area contributed by atoms with Crippen molar-refractivity contribution < 1.29 is 0 Å². The van der Waals surface area contributed by atoms with Crippen molar-refractivity contribution in [2.24, 2.45) is 5.92 Å². The van der Waals surface area contributed by atoms with Crippen LogP contribution < -0.4 is 10.6 Å². The van der Waals surface area contributed by atoms with Crippen LogP contribution in [-0.2, 0) is 0 Å². The molecular weight excluding hydrogens is 196 g/mol. The van der Waals surface area contributed by atoms with Gasteiger partial charge in [0.1, 0.15) is 0 Å². The topological polar surface area (TPSA) is 24.1 Å². The van der Waals surface area contributed by atoms with Gasteiger partial charge in [-0.1, -0.05) is 19.3 Å². The van der Waals surface area contributed by atoms with Crippen molar-refractivity contribution in [3.63, 3.8) is 0 Å². The molecule has 0 aromatic heterocycles. The molecule has 2 heteroatoms. The number of hydrogen-bond acceptors (Lipinski definition) is 2. The van der Waals surface area contributed by atoms with Crippen LogP contribution in [0.15, 0.2) is 0 Å². The SMILES string of the molecule is C1CCC2NCCCC2C1.C1CCNCC1.